The van der Waals surface area contributed by atoms with Crippen molar-refractivity contribution in [3.63, 3.8) is 0 Å². The molecule has 158 valence electrons. The topological polar surface area (TPSA) is 75.7 Å². The van der Waals surface area contributed by atoms with Gasteiger partial charge in [0.25, 0.3) is 0 Å². The molecule has 1 unspecified atom stereocenters. The van der Waals surface area contributed by atoms with Crippen LogP contribution in [0.15, 0.2) is 66.7 Å². The van der Waals surface area contributed by atoms with Crippen molar-refractivity contribution in [1.82, 2.24) is 10.3 Å². The Morgan fingerprint density at radius 1 is 0.903 bits per heavy atom. The van der Waals surface area contributed by atoms with Crippen LogP contribution in [0.2, 0.25) is 0 Å². The number of aliphatic hydroxyl groups is 1. The molecule has 0 aliphatic carbocycles. The molecule has 0 saturated heterocycles. The van der Waals surface area contributed by atoms with E-state index in [0.717, 1.165) is 27.6 Å². The summed E-state index contributed by atoms with van der Waals surface area (Å²) in [5.74, 6) is 2.18. The number of hydrogen-bond donors (Lipinski definition) is 3. The summed E-state index contributed by atoms with van der Waals surface area (Å²) in [4.78, 5) is 3.40. The van der Waals surface area contributed by atoms with E-state index in [0.29, 0.717) is 31.2 Å². The molecule has 0 spiro atoms. The molecule has 4 aromatic rings. The Labute approximate surface area is 225 Å². The number of aliphatic hydroxyl groups excluding tert-OH is 1. The quantitative estimate of drug-likeness (QED) is 0.249. The Hall–Kier alpha value is -1.58. The van der Waals surface area contributed by atoms with Crippen LogP contribution in [0.1, 0.15) is 1.43 Å². The molecule has 1 atom stereocenters. The summed E-state index contributed by atoms with van der Waals surface area (Å²) in [7, 11) is 1.62. The average Bonchev–Trinajstić information content (AvgIpc) is 3.17. The number of methoxy groups -OCH3 is 1. The van der Waals surface area contributed by atoms with E-state index in [2.05, 4.69) is 16.4 Å². The van der Waals surface area contributed by atoms with E-state index in [4.69, 9.17) is 14.2 Å². The minimum atomic E-state index is -0.628. The first-order valence-electron chi connectivity index (χ1n) is 10.0. The van der Waals surface area contributed by atoms with Crippen molar-refractivity contribution in [2.45, 2.75) is 6.10 Å². The molecule has 0 bridgehead atoms. The molecular weight excluding hydrogens is 419 g/mol. The standard InChI is InChI=1S/C24H26N2O4.K.H/c1-28-21-10-4-5-11-22(21)29-14-13-25-15-17(27)16-30-23-12-6-9-20-24(23)18-7-2-3-8-19(18)26-20;;/h2-12,17,25-27H,13-16H2,1H3;;/q;+1;-1. The van der Waals surface area contributed by atoms with Crippen LogP contribution in [0.25, 0.3) is 21.8 Å². The molecule has 3 N–H and O–H groups in total. The van der Waals surface area contributed by atoms with Gasteiger partial charge in [-0.3, -0.25) is 0 Å². The first-order chi connectivity index (χ1) is 14.8. The van der Waals surface area contributed by atoms with Gasteiger partial charge in [0.1, 0.15) is 25.1 Å². The maximum absolute atomic E-state index is 10.3. The number of H-pyrrole nitrogens is 1. The normalized spacial score (nSPS) is 11.8. The predicted octanol–water partition coefficient (Wildman–Crippen LogP) is 0.854. The van der Waals surface area contributed by atoms with Crippen molar-refractivity contribution in [1.29, 1.82) is 0 Å². The molecule has 4 rings (SSSR count). The Bertz CT molecular complexity index is 1120. The molecule has 0 radical (unpaired) electrons. The molecule has 1 heterocycles. The predicted molar refractivity (Wildman–Crippen MR) is 120 cm³/mol. The number of fused-ring (bicyclic) bond motifs is 3. The van der Waals surface area contributed by atoms with Crippen LogP contribution in [-0.2, 0) is 0 Å². The van der Waals surface area contributed by atoms with Crippen LogP contribution >= 0.6 is 0 Å². The summed E-state index contributed by atoms with van der Waals surface area (Å²) in [6.07, 6.45) is -0.628. The van der Waals surface area contributed by atoms with Gasteiger partial charge in [0, 0.05) is 29.4 Å². The molecule has 0 amide bonds. The third-order valence-corrected chi connectivity index (χ3v) is 4.91. The minimum absolute atomic E-state index is 0. The first-order valence-corrected chi connectivity index (χ1v) is 10.0. The molecule has 0 fully saturated rings. The van der Waals surface area contributed by atoms with E-state index in [1.54, 1.807) is 7.11 Å². The number of rotatable bonds is 10. The zero-order valence-corrected chi connectivity index (χ0v) is 21.1. The smallest absolute Gasteiger partial charge is 1.00 e. The van der Waals surface area contributed by atoms with Crippen LogP contribution in [0.3, 0.4) is 0 Å². The second-order valence-corrected chi connectivity index (χ2v) is 7.02. The van der Waals surface area contributed by atoms with E-state index < -0.39 is 6.10 Å². The number of aromatic nitrogens is 1. The van der Waals surface area contributed by atoms with Gasteiger partial charge >= 0.3 is 51.4 Å². The van der Waals surface area contributed by atoms with Gasteiger partial charge in [-0.15, -0.1) is 0 Å². The van der Waals surface area contributed by atoms with Gasteiger partial charge in [0.05, 0.1) is 12.6 Å². The minimum Gasteiger partial charge on any atom is -1.00 e. The van der Waals surface area contributed by atoms with E-state index in [9.17, 15) is 5.11 Å². The van der Waals surface area contributed by atoms with E-state index in [-0.39, 0.29) is 59.4 Å². The second-order valence-electron chi connectivity index (χ2n) is 7.02. The van der Waals surface area contributed by atoms with Gasteiger partial charge in [-0.2, -0.15) is 0 Å². The van der Waals surface area contributed by atoms with Crippen LogP contribution in [0.4, 0.5) is 0 Å². The molecule has 1 aromatic heterocycles. The van der Waals surface area contributed by atoms with Gasteiger partial charge in [-0.05, 0) is 30.3 Å². The molecule has 31 heavy (non-hydrogen) atoms. The van der Waals surface area contributed by atoms with Gasteiger partial charge in [-0.1, -0.05) is 36.4 Å². The summed E-state index contributed by atoms with van der Waals surface area (Å²) in [5, 5.41) is 15.6. The largest absolute Gasteiger partial charge is 1.00 e. The SMILES string of the molecule is COc1ccccc1OCCNCC(O)COc1cccc2[nH]c3ccccc3c12.[H-].[K+]. The molecular formula is C24H27KN2O4. The Balaban J connectivity index is 0.00000181. The van der Waals surface area contributed by atoms with Gasteiger partial charge in [-0.25, -0.2) is 0 Å². The van der Waals surface area contributed by atoms with E-state index in [1.165, 1.54) is 0 Å². The van der Waals surface area contributed by atoms with E-state index in [1.807, 2.05) is 60.7 Å². The van der Waals surface area contributed by atoms with E-state index >= 15 is 0 Å². The van der Waals surface area contributed by atoms with Crippen LogP contribution < -0.4 is 70.9 Å². The number of hydrogen-bond acceptors (Lipinski definition) is 5. The molecule has 0 aliphatic rings. The first kappa shape index (κ1) is 24.1. The fourth-order valence-corrected chi connectivity index (χ4v) is 3.47. The zero-order valence-electron chi connectivity index (χ0n) is 18.9. The van der Waals surface area contributed by atoms with Crippen molar-refractivity contribution in [2.24, 2.45) is 0 Å². The zero-order chi connectivity index (χ0) is 20.8. The summed E-state index contributed by atoms with van der Waals surface area (Å²) in [6.45, 7) is 1.70. The number of aromatic amines is 1. The number of para-hydroxylation sites is 3. The maximum Gasteiger partial charge on any atom is 1.00 e. The molecule has 7 heteroatoms. The monoisotopic (exact) mass is 446 g/mol. The molecule has 6 nitrogen and oxygen atoms in total. The molecule has 0 aliphatic heterocycles. The fraction of sp³-hybridized carbons (Fsp3) is 0.250. The Morgan fingerprint density at radius 2 is 1.61 bits per heavy atom. The average molecular weight is 447 g/mol. The maximum atomic E-state index is 10.3. The summed E-state index contributed by atoms with van der Waals surface area (Å²) < 4.78 is 16.9. The Morgan fingerprint density at radius 3 is 2.45 bits per heavy atom. The van der Waals surface area contributed by atoms with Gasteiger partial charge in [0.2, 0.25) is 0 Å². The number of ether oxygens (including phenoxy) is 3. The van der Waals surface area contributed by atoms with Crippen LogP contribution in [-0.4, -0.2) is 49.6 Å². The van der Waals surface area contributed by atoms with Crippen molar-refractivity contribution in [3.05, 3.63) is 66.7 Å². The fourth-order valence-electron chi connectivity index (χ4n) is 3.47. The van der Waals surface area contributed by atoms with Crippen molar-refractivity contribution >= 4 is 21.8 Å². The van der Waals surface area contributed by atoms with Crippen LogP contribution in [0, 0.1) is 0 Å². The van der Waals surface area contributed by atoms with Gasteiger partial charge in [0.15, 0.2) is 11.5 Å². The molecule has 3 aromatic carbocycles. The third-order valence-electron chi connectivity index (χ3n) is 4.91. The molecule has 0 saturated carbocycles. The van der Waals surface area contributed by atoms with Crippen molar-refractivity contribution < 1.29 is 72.1 Å². The van der Waals surface area contributed by atoms with Crippen molar-refractivity contribution in [3.8, 4) is 17.2 Å². The third kappa shape index (κ3) is 6.02. The summed E-state index contributed by atoms with van der Waals surface area (Å²) in [5.41, 5.74) is 2.09. The summed E-state index contributed by atoms with van der Waals surface area (Å²) in [6, 6.07) is 21.6. The number of nitrogens with one attached hydrogen (secondary N) is 2. The second kappa shape index (κ2) is 11.9. The van der Waals surface area contributed by atoms with Crippen LogP contribution in [0.5, 0.6) is 17.2 Å². The van der Waals surface area contributed by atoms with Crippen molar-refractivity contribution in [2.75, 3.05) is 33.4 Å². The Kier molecular flexibility index (Phi) is 9.22. The number of benzene rings is 3. The summed E-state index contributed by atoms with van der Waals surface area (Å²) >= 11 is 0. The van der Waals surface area contributed by atoms with Gasteiger partial charge < -0.3 is 31.0 Å².